The van der Waals surface area contributed by atoms with Gasteiger partial charge < -0.3 is 5.32 Å². The number of nitrogens with one attached hydrogen (secondary N) is 1. The maximum Gasteiger partial charge on any atom is 0.227 e. The smallest absolute Gasteiger partial charge is 0.227 e. The van der Waals surface area contributed by atoms with E-state index in [1.165, 1.54) is 11.3 Å². The number of alkyl halides is 1. The van der Waals surface area contributed by atoms with Gasteiger partial charge in [-0.1, -0.05) is 27.7 Å². The molecule has 5 heteroatoms. The number of amides is 1. The average molecular weight is 287 g/mol. The monoisotopic (exact) mass is 286 g/mol. The van der Waals surface area contributed by atoms with E-state index in [-0.39, 0.29) is 22.8 Å². The number of aromatic nitrogens is 1. The molecule has 0 unspecified atom stereocenters. The molecule has 2 rings (SSSR count). The van der Waals surface area contributed by atoms with Crippen molar-refractivity contribution >= 4 is 28.8 Å². The van der Waals surface area contributed by atoms with Crippen molar-refractivity contribution < 1.29 is 4.79 Å². The van der Waals surface area contributed by atoms with E-state index in [1.807, 2.05) is 5.38 Å². The molecule has 1 aliphatic rings. The molecule has 0 aliphatic heterocycles. The lowest BCUT2D eigenvalue weighted by atomic mass is 10.0. The summed E-state index contributed by atoms with van der Waals surface area (Å²) >= 11 is 7.18. The quantitative estimate of drug-likeness (QED) is 0.865. The first-order valence-corrected chi connectivity index (χ1v) is 7.49. The minimum Gasteiger partial charge on any atom is -0.352 e. The third kappa shape index (κ3) is 2.28. The lowest BCUT2D eigenvalue weighted by Crippen LogP contribution is -2.31. The molecular formula is C13H19ClN2OS. The van der Waals surface area contributed by atoms with Gasteiger partial charge in [-0.05, 0) is 10.8 Å². The zero-order chi connectivity index (χ0) is 13.6. The van der Waals surface area contributed by atoms with Crippen molar-refractivity contribution in [2.45, 2.75) is 46.0 Å². The lowest BCUT2D eigenvalue weighted by Gasteiger charge is -2.05. The molecule has 18 heavy (non-hydrogen) atoms. The van der Waals surface area contributed by atoms with E-state index in [0.717, 1.165) is 10.7 Å². The van der Waals surface area contributed by atoms with E-state index in [1.54, 1.807) is 0 Å². The van der Waals surface area contributed by atoms with Crippen molar-refractivity contribution in [3.05, 3.63) is 16.1 Å². The zero-order valence-corrected chi connectivity index (χ0v) is 12.8. The zero-order valence-electron chi connectivity index (χ0n) is 11.2. The van der Waals surface area contributed by atoms with Gasteiger partial charge in [-0.3, -0.25) is 4.79 Å². The van der Waals surface area contributed by atoms with Crippen LogP contribution in [-0.4, -0.2) is 16.9 Å². The number of rotatable bonds is 4. The second-order valence-corrected chi connectivity index (χ2v) is 7.20. The van der Waals surface area contributed by atoms with Crippen LogP contribution in [0.4, 0.5) is 0 Å². The Labute approximate surface area is 117 Å². The van der Waals surface area contributed by atoms with Crippen LogP contribution in [-0.2, 0) is 17.1 Å². The average Bonchev–Trinajstić information content (AvgIpc) is 2.68. The normalized spacial score (nSPS) is 20.7. The first-order valence-electron chi connectivity index (χ1n) is 6.07. The molecule has 0 aromatic carbocycles. The van der Waals surface area contributed by atoms with Gasteiger partial charge in [0, 0.05) is 11.4 Å². The van der Waals surface area contributed by atoms with E-state index in [9.17, 15) is 4.79 Å². The fraction of sp³-hybridized carbons (Fsp3) is 0.692. The van der Waals surface area contributed by atoms with Crippen LogP contribution < -0.4 is 5.32 Å². The number of nitrogens with zero attached hydrogens (tertiary/aromatic N) is 1. The third-order valence-corrected chi connectivity index (χ3v) is 5.55. The fourth-order valence-corrected chi connectivity index (χ4v) is 3.42. The van der Waals surface area contributed by atoms with Gasteiger partial charge in [-0.15, -0.1) is 22.9 Å². The Morgan fingerprint density at radius 1 is 1.44 bits per heavy atom. The summed E-state index contributed by atoms with van der Waals surface area (Å²) in [7, 11) is 0. The predicted octanol–water partition coefficient (Wildman–Crippen LogP) is 2.98. The summed E-state index contributed by atoms with van der Waals surface area (Å²) in [5.41, 5.74) is 1.19. The molecule has 1 saturated carbocycles. The molecule has 1 amide bonds. The minimum atomic E-state index is 0.0501. The van der Waals surface area contributed by atoms with Crippen molar-refractivity contribution in [2.75, 3.05) is 0 Å². The first-order chi connectivity index (χ1) is 8.29. The molecular weight excluding hydrogens is 268 g/mol. The topological polar surface area (TPSA) is 42.0 Å². The van der Waals surface area contributed by atoms with E-state index in [2.05, 4.69) is 38.0 Å². The highest BCUT2D eigenvalue weighted by Gasteiger charge is 2.65. The Balaban J connectivity index is 1.91. The van der Waals surface area contributed by atoms with Gasteiger partial charge in [0.15, 0.2) is 0 Å². The molecule has 1 heterocycles. The Hall–Kier alpha value is -0.610. The Morgan fingerprint density at radius 3 is 2.50 bits per heavy atom. The summed E-state index contributed by atoms with van der Waals surface area (Å²) in [6.07, 6.45) is 0.351. The molecule has 100 valence electrons. The SMILES string of the molecule is CC1(C)C(NC(=O)Cc2nc(CCl)cs2)C1(C)C. The van der Waals surface area contributed by atoms with Crippen molar-refractivity contribution in [1.82, 2.24) is 10.3 Å². The van der Waals surface area contributed by atoms with Crippen LogP contribution >= 0.6 is 22.9 Å². The van der Waals surface area contributed by atoms with Crippen LogP contribution in [0.15, 0.2) is 5.38 Å². The highest BCUT2D eigenvalue weighted by Crippen LogP contribution is 2.62. The molecule has 1 aromatic rings. The third-order valence-electron chi connectivity index (χ3n) is 4.37. The standard InChI is InChI=1S/C13H19ClN2OS/c1-12(2)11(13(12,3)4)16-9(17)5-10-15-8(6-14)7-18-10/h7,11H,5-6H2,1-4H3,(H,16,17). The van der Waals surface area contributed by atoms with Crippen LogP contribution in [0.5, 0.6) is 0 Å². The molecule has 1 aliphatic carbocycles. The minimum absolute atomic E-state index is 0.0501. The largest absolute Gasteiger partial charge is 0.352 e. The second-order valence-electron chi connectivity index (χ2n) is 5.99. The van der Waals surface area contributed by atoms with Gasteiger partial charge in [0.05, 0.1) is 18.0 Å². The Bertz CT molecular complexity index is 453. The summed E-state index contributed by atoms with van der Waals surface area (Å²) in [6, 6.07) is 0.255. The van der Waals surface area contributed by atoms with Gasteiger partial charge in [-0.25, -0.2) is 4.98 Å². The van der Waals surface area contributed by atoms with Crippen LogP contribution in [0.25, 0.3) is 0 Å². The van der Waals surface area contributed by atoms with E-state index >= 15 is 0 Å². The molecule has 1 aromatic heterocycles. The van der Waals surface area contributed by atoms with Crippen molar-refractivity contribution in [1.29, 1.82) is 0 Å². The molecule has 1 fully saturated rings. The van der Waals surface area contributed by atoms with E-state index in [4.69, 9.17) is 11.6 Å². The van der Waals surface area contributed by atoms with Crippen LogP contribution in [0.1, 0.15) is 38.4 Å². The summed E-state index contributed by atoms with van der Waals surface area (Å²) in [5, 5.41) is 5.84. The summed E-state index contributed by atoms with van der Waals surface area (Å²) in [6.45, 7) is 8.75. The van der Waals surface area contributed by atoms with Gasteiger partial charge in [0.25, 0.3) is 0 Å². The maximum absolute atomic E-state index is 12.0. The van der Waals surface area contributed by atoms with Gasteiger partial charge in [0.2, 0.25) is 5.91 Å². The highest BCUT2D eigenvalue weighted by molar-refractivity contribution is 7.09. The van der Waals surface area contributed by atoms with Crippen molar-refractivity contribution in [2.24, 2.45) is 10.8 Å². The van der Waals surface area contributed by atoms with Gasteiger partial charge >= 0.3 is 0 Å². The fourth-order valence-electron chi connectivity index (χ4n) is 2.40. The highest BCUT2D eigenvalue weighted by atomic mass is 35.5. The maximum atomic E-state index is 12.0. The number of carbonyl (C=O) groups excluding carboxylic acids is 1. The lowest BCUT2D eigenvalue weighted by molar-refractivity contribution is -0.120. The van der Waals surface area contributed by atoms with Crippen LogP contribution in [0.2, 0.25) is 0 Å². The first kappa shape index (κ1) is 13.8. The summed E-state index contributed by atoms with van der Waals surface area (Å²) < 4.78 is 0. The number of hydrogen-bond donors (Lipinski definition) is 1. The van der Waals surface area contributed by atoms with Crippen LogP contribution in [0, 0.1) is 10.8 Å². The number of hydrogen-bond acceptors (Lipinski definition) is 3. The van der Waals surface area contributed by atoms with Crippen LogP contribution in [0.3, 0.4) is 0 Å². The van der Waals surface area contributed by atoms with E-state index < -0.39 is 0 Å². The molecule has 0 atom stereocenters. The number of thiazole rings is 1. The molecule has 0 spiro atoms. The summed E-state index contributed by atoms with van der Waals surface area (Å²) in [4.78, 5) is 16.3. The van der Waals surface area contributed by atoms with Crippen molar-refractivity contribution in [3.8, 4) is 0 Å². The molecule has 0 saturated heterocycles. The van der Waals surface area contributed by atoms with Gasteiger partial charge in [0.1, 0.15) is 5.01 Å². The number of halogens is 1. The van der Waals surface area contributed by atoms with Crippen molar-refractivity contribution in [3.63, 3.8) is 0 Å². The Kier molecular flexibility index (Phi) is 3.45. The molecule has 0 radical (unpaired) electrons. The van der Waals surface area contributed by atoms with Gasteiger partial charge in [-0.2, -0.15) is 0 Å². The molecule has 0 bridgehead atoms. The molecule has 1 N–H and O–H groups in total. The summed E-state index contributed by atoms with van der Waals surface area (Å²) in [5.74, 6) is 0.454. The predicted molar refractivity (Wildman–Crippen MR) is 74.9 cm³/mol. The number of carbonyl (C=O) groups is 1. The second kappa shape index (κ2) is 4.49. The molecule has 3 nitrogen and oxygen atoms in total. The Morgan fingerprint density at radius 2 is 2.06 bits per heavy atom. The van der Waals surface area contributed by atoms with E-state index in [0.29, 0.717) is 12.3 Å².